The maximum Gasteiger partial charge on any atom is 0.433 e. The fraction of sp³-hybridized carbons (Fsp3) is 0.143. The zero-order valence-corrected chi connectivity index (χ0v) is 17.1. The smallest absolute Gasteiger partial charge is 0.433 e. The van der Waals surface area contributed by atoms with Crippen molar-refractivity contribution in [1.29, 1.82) is 5.26 Å². The van der Waals surface area contributed by atoms with E-state index in [1.165, 1.54) is 49.4 Å². The van der Waals surface area contributed by atoms with Crippen LogP contribution >= 0.6 is 11.6 Å². The Bertz CT molecular complexity index is 1220. The third-order valence-electron chi connectivity index (χ3n) is 4.27. The third kappa shape index (κ3) is 5.07. The molecule has 0 fully saturated rings. The van der Waals surface area contributed by atoms with Gasteiger partial charge in [0.1, 0.15) is 11.8 Å². The van der Waals surface area contributed by atoms with Gasteiger partial charge in [-0.25, -0.2) is 9.48 Å². The maximum absolute atomic E-state index is 13.1. The molecule has 2 aromatic carbocycles. The van der Waals surface area contributed by atoms with Gasteiger partial charge in [-0.1, -0.05) is 17.7 Å². The second kappa shape index (κ2) is 9.11. The number of anilines is 1. The summed E-state index contributed by atoms with van der Waals surface area (Å²) >= 11 is 5.87. The van der Waals surface area contributed by atoms with Crippen molar-refractivity contribution < 1.29 is 27.5 Å². The lowest BCUT2D eigenvalue weighted by Crippen LogP contribution is -2.30. The topological polar surface area (TPSA) is 97.0 Å². The molecule has 1 amide bonds. The number of carbonyl (C=O) groups excluding carboxylic acids is 2. The molecule has 0 aliphatic carbocycles. The van der Waals surface area contributed by atoms with Crippen molar-refractivity contribution in [2.75, 3.05) is 5.32 Å². The van der Waals surface area contributed by atoms with E-state index in [1.54, 1.807) is 0 Å². The van der Waals surface area contributed by atoms with E-state index in [2.05, 4.69) is 10.4 Å². The van der Waals surface area contributed by atoms with E-state index in [0.717, 1.165) is 12.3 Å². The van der Waals surface area contributed by atoms with Crippen LogP contribution in [0.1, 0.15) is 28.5 Å². The van der Waals surface area contributed by atoms with E-state index in [-0.39, 0.29) is 27.5 Å². The second-order valence-corrected chi connectivity index (χ2v) is 6.95. The summed E-state index contributed by atoms with van der Waals surface area (Å²) in [5, 5.41) is 15.5. The summed E-state index contributed by atoms with van der Waals surface area (Å²) in [6.07, 6.45) is -4.92. The van der Waals surface area contributed by atoms with Crippen LogP contribution in [0.4, 0.5) is 18.9 Å². The monoisotopic (exact) mass is 462 g/mol. The van der Waals surface area contributed by atoms with Crippen molar-refractivity contribution in [2.45, 2.75) is 19.2 Å². The first-order chi connectivity index (χ1) is 15.1. The van der Waals surface area contributed by atoms with Crippen molar-refractivity contribution in [3.63, 3.8) is 0 Å². The summed E-state index contributed by atoms with van der Waals surface area (Å²) in [6.45, 7) is 1.31. The number of esters is 1. The average Bonchev–Trinajstić information content (AvgIpc) is 3.24. The van der Waals surface area contributed by atoms with E-state index >= 15 is 0 Å². The third-order valence-corrected chi connectivity index (χ3v) is 4.51. The highest BCUT2D eigenvalue weighted by molar-refractivity contribution is 6.31. The Kier molecular flexibility index (Phi) is 6.50. The normalized spacial score (nSPS) is 12.0. The fourth-order valence-electron chi connectivity index (χ4n) is 2.72. The molecule has 0 radical (unpaired) electrons. The molecule has 11 heteroatoms. The number of halogens is 4. The molecule has 3 aromatic rings. The first kappa shape index (κ1) is 22.8. The quantitative estimate of drug-likeness (QED) is 0.559. The van der Waals surface area contributed by atoms with Crippen molar-refractivity contribution in [1.82, 2.24) is 9.78 Å². The van der Waals surface area contributed by atoms with Crippen LogP contribution in [-0.4, -0.2) is 27.8 Å². The van der Waals surface area contributed by atoms with Crippen molar-refractivity contribution in [3.05, 3.63) is 76.6 Å². The lowest BCUT2D eigenvalue weighted by atomic mass is 10.2. The van der Waals surface area contributed by atoms with Crippen LogP contribution in [0.15, 0.2) is 54.7 Å². The van der Waals surface area contributed by atoms with E-state index in [0.29, 0.717) is 4.68 Å². The molecule has 0 saturated heterocycles. The number of ether oxygens (including phenoxy) is 1. The van der Waals surface area contributed by atoms with Gasteiger partial charge in [0, 0.05) is 5.02 Å². The van der Waals surface area contributed by atoms with Gasteiger partial charge in [-0.3, -0.25) is 4.79 Å². The summed E-state index contributed by atoms with van der Waals surface area (Å²) in [5.74, 6) is -1.65. The second-order valence-electron chi connectivity index (χ2n) is 6.51. The van der Waals surface area contributed by atoms with Crippen LogP contribution < -0.4 is 5.32 Å². The van der Waals surface area contributed by atoms with Gasteiger partial charge in [-0.15, -0.1) is 0 Å². The summed E-state index contributed by atoms with van der Waals surface area (Å²) < 4.78 is 45.1. The van der Waals surface area contributed by atoms with Gasteiger partial charge in [0.05, 0.1) is 28.7 Å². The van der Waals surface area contributed by atoms with Crippen molar-refractivity contribution in [2.24, 2.45) is 0 Å². The molecule has 0 spiro atoms. The van der Waals surface area contributed by atoms with Crippen LogP contribution in [0, 0.1) is 11.3 Å². The molecule has 164 valence electrons. The van der Waals surface area contributed by atoms with Crippen LogP contribution in [0.2, 0.25) is 5.02 Å². The number of hydrogen-bond acceptors (Lipinski definition) is 5. The molecule has 1 atom stereocenters. The van der Waals surface area contributed by atoms with Gasteiger partial charge in [0.2, 0.25) is 0 Å². The SMILES string of the molecule is CC(OC(=O)c1cccc(-n2nccc2C(F)(F)F)c1)C(=O)Nc1cc(Cl)ccc1C#N. The number of aromatic nitrogens is 2. The number of amides is 1. The number of nitrogens with zero attached hydrogens (tertiary/aromatic N) is 3. The first-order valence-corrected chi connectivity index (χ1v) is 9.41. The van der Waals surface area contributed by atoms with Crippen LogP contribution in [0.5, 0.6) is 0 Å². The lowest BCUT2D eigenvalue weighted by molar-refractivity contribution is -0.142. The van der Waals surface area contributed by atoms with Crippen molar-refractivity contribution in [3.8, 4) is 11.8 Å². The summed E-state index contributed by atoms with van der Waals surface area (Å²) in [4.78, 5) is 24.9. The summed E-state index contributed by atoms with van der Waals surface area (Å²) in [7, 11) is 0. The summed E-state index contributed by atoms with van der Waals surface area (Å²) in [5.41, 5.74) is -0.787. The number of hydrogen-bond donors (Lipinski definition) is 1. The molecule has 1 unspecified atom stereocenters. The molecule has 7 nitrogen and oxygen atoms in total. The Balaban J connectivity index is 1.75. The Morgan fingerprint density at radius 2 is 1.97 bits per heavy atom. The maximum atomic E-state index is 13.1. The highest BCUT2D eigenvalue weighted by Gasteiger charge is 2.35. The van der Waals surface area contributed by atoms with Gasteiger partial charge in [0.25, 0.3) is 5.91 Å². The number of nitriles is 1. The molecule has 0 bridgehead atoms. The van der Waals surface area contributed by atoms with Crippen LogP contribution in [0.25, 0.3) is 5.69 Å². The van der Waals surface area contributed by atoms with Gasteiger partial charge in [0.15, 0.2) is 6.10 Å². The Hall–Kier alpha value is -3.84. The van der Waals surface area contributed by atoms with Crippen molar-refractivity contribution >= 4 is 29.2 Å². The predicted octanol–water partition coefficient (Wildman–Crippen LogP) is 4.60. The van der Waals surface area contributed by atoms with Crippen LogP contribution in [0.3, 0.4) is 0 Å². The molecule has 3 rings (SSSR count). The van der Waals surface area contributed by atoms with Gasteiger partial charge in [-0.05, 0) is 49.4 Å². The Labute approximate surface area is 185 Å². The van der Waals surface area contributed by atoms with Crippen LogP contribution in [-0.2, 0) is 15.7 Å². The summed E-state index contributed by atoms with van der Waals surface area (Å²) in [6, 6.07) is 12.2. The molecule has 1 heterocycles. The number of nitrogens with one attached hydrogen (secondary N) is 1. The number of carbonyl (C=O) groups is 2. The molecule has 32 heavy (non-hydrogen) atoms. The molecular formula is C21H14ClF3N4O3. The van der Waals surface area contributed by atoms with Gasteiger partial charge in [-0.2, -0.15) is 23.5 Å². The molecule has 0 aliphatic rings. The fourth-order valence-corrected chi connectivity index (χ4v) is 2.89. The largest absolute Gasteiger partial charge is 0.449 e. The minimum Gasteiger partial charge on any atom is -0.449 e. The van der Waals surface area contributed by atoms with E-state index in [9.17, 15) is 22.8 Å². The molecule has 0 aliphatic heterocycles. The number of benzene rings is 2. The van der Waals surface area contributed by atoms with Gasteiger partial charge < -0.3 is 10.1 Å². The first-order valence-electron chi connectivity index (χ1n) is 9.03. The van der Waals surface area contributed by atoms with Gasteiger partial charge >= 0.3 is 12.1 Å². The number of alkyl halides is 3. The van der Waals surface area contributed by atoms with E-state index < -0.39 is 29.9 Å². The zero-order valence-electron chi connectivity index (χ0n) is 16.4. The highest BCUT2D eigenvalue weighted by atomic mass is 35.5. The number of rotatable bonds is 5. The Morgan fingerprint density at radius 1 is 1.22 bits per heavy atom. The minimum atomic E-state index is -4.64. The molecule has 1 aromatic heterocycles. The highest BCUT2D eigenvalue weighted by Crippen LogP contribution is 2.30. The minimum absolute atomic E-state index is 0.00790. The van der Waals surface area contributed by atoms with E-state index in [1.807, 2.05) is 6.07 Å². The molecule has 1 N–H and O–H groups in total. The standard InChI is InChI=1S/C21H14ClF3N4O3/c1-12(19(30)28-17-10-15(22)6-5-14(17)11-26)32-20(31)13-3-2-4-16(9-13)29-18(7-8-27-29)21(23,24)25/h2-10,12H,1H3,(H,28,30). The molecule has 0 saturated carbocycles. The molecular weight excluding hydrogens is 449 g/mol. The Morgan fingerprint density at radius 3 is 2.66 bits per heavy atom. The predicted molar refractivity (Wildman–Crippen MR) is 108 cm³/mol. The average molecular weight is 463 g/mol. The lowest BCUT2D eigenvalue weighted by Gasteiger charge is -2.15. The zero-order chi connectivity index (χ0) is 23.5. The van der Waals surface area contributed by atoms with E-state index in [4.69, 9.17) is 21.6 Å².